The number of nitrogens with zero attached hydrogens (tertiary/aromatic N) is 3. The van der Waals surface area contributed by atoms with Gasteiger partial charge in [-0.05, 0) is 18.4 Å². The van der Waals surface area contributed by atoms with Crippen LogP contribution < -0.4 is 5.56 Å². The molecule has 4 rings (SSSR count). The number of nitrogens with one attached hydrogen (secondary N) is 1. The number of carbonyl (C=O) groups is 1. The van der Waals surface area contributed by atoms with Crippen molar-refractivity contribution in [3.8, 4) is 0 Å². The second-order valence-electron chi connectivity index (χ2n) is 8.03. The number of aromatic nitrogens is 2. The molecule has 0 saturated carbocycles. The zero-order valence-electron chi connectivity index (χ0n) is 17.0. The van der Waals surface area contributed by atoms with Crippen LogP contribution in [-0.4, -0.2) is 59.4 Å². The third kappa shape index (κ3) is 4.46. The van der Waals surface area contributed by atoms with Crippen LogP contribution in [0.1, 0.15) is 41.4 Å². The number of hydrogen-bond donors (Lipinski definition) is 1. The first-order chi connectivity index (χ1) is 14.3. The van der Waals surface area contributed by atoms with Crippen molar-refractivity contribution in [3.63, 3.8) is 0 Å². The van der Waals surface area contributed by atoms with E-state index in [0.717, 1.165) is 18.2 Å². The Hall–Kier alpha value is -2.52. The minimum Gasteiger partial charge on any atom is -0.342 e. The highest BCUT2D eigenvalue weighted by Crippen LogP contribution is 2.26. The lowest BCUT2D eigenvalue weighted by Crippen LogP contribution is -2.39. The summed E-state index contributed by atoms with van der Waals surface area (Å²) in [5.41, 5.74) is 1.95. The number of aromatic amines is 1. The molecule has 9 heteroatoms. The van der Waals surface area contributed by atoms with Crippen LogP contribution in [0, 0.1) is 0 Å². The fraction of sp³-hybridized carbons (Fsp3) is 0.476. The molecule has 1 amide bonds. The molecular weight excluding hydrogens is 404 g/mol. The van der Waals surface area contributed by atoms with Gasteiger partial charge in [-0.25, -0.2) is 13.4 Å². The van der Waals surface area contributed by atoms with Gasteiger partial charge in [0.2, 0.25) is 15.9 Å². The van der Waals surface area contributed by atoms with Gasteiger partial charge in [0, 0.05) is 44.9 Å². The Balaban J connectivity index is 1.41. The number of sulfonamides is 1. The first-order valence-electron chi connectivity index (χ1n) is 10.2. The molecular formula is C21H26N4O4S. The fourth-order valence-corrected chi connectivity index (χ4v) is 4.95. The van der Waals surface area contributed by atoms with Crippen LogP contribution in [0.4, 0.5) is 0 Å². The largest absolute Gasteiger partial charge is 0.342 e. The van der Waals surface area contributed by atoms with Gasteiger partial charge in [-0.3, -0.25) is 9.59 Å². The Bertz CT molecular complexity index is 1100. The summed E-state index contributed by atoms with van der Waals surface area (Å²) in [6, 6.07) is 9.94. The molecule has 0 bridgehead atoms. The van der Waals surface area contributed by atoms with E-state index in [9.17, 15) is 18.0 Å². The molecule has 1 unspecified atom stereocenters. The van der Waals surface area contributed by atoms with Gasteiger partial charge in [-0.1, -0.05) is 30.3 Å². The van der Waals surface area contributed by atoms with Gasteiger partial charge in [-0.2, -0.15) is 4.31 Å². The van der Waals surface area contributed by atoms with Gasteiger partial charge >= 0.3 is 0 Å². The standard InChI is InChI=1S/C21H26N4O4S/c1-30(28,29)25-12-10-18-17(14-25)21(27)23-20(22-18)16-9-11-24(13-16)19(26)8-7-15-5-3-2-4-6-15/h2-6,16H,7-14H2,1H3,(H,22,23,27). The number of hydrogen-bond acceptors (Lipinski definition) is 5. The van der Waals surface area contributed by atoms with Crippen LogP contribution >= 0.6 is 0 Å². The summed E-state index contributed by atoms with van der Waals surface area (Å²) in [7, 11) is -3.34. The molecule has 3 heterocycles. The third-order valence-electron chi connectivity index (χ3n) is 5.92. The van der Waals surface area contributed by atoms with Crippen LogP contribution in [0.25, 0.3) is 0 Å². The first kappa shape index (κ1) is 20.7. The molecule has 1 fully saturated rings. The van der Waals surface area contributed by atoms with Crippen molar-refractivity contribution in [3.05, 3.63) is 63.3 Å². The molecule has 1 saturated heterocycles. The predicted molar refractivity (Wildman–Crippen MR) is 113 cm³/mol. The number of likely N-dealkylation sites (tertiary alicyclic amines) is 1. The molecule has 1 aromatic carbocycles. The summed E-state index contributed by atoms with van der Waals surface area (Å²) >= 11 is 0. The maximum Gasteiger partial charge on any atom is 0.255 e. The molecule has 0 radical (unpaired) electrons. The van der Waals surface area contributed by atoms with E-state index >= 15 is 0 Å². The Labute approximate surface area is 176 Å². The lowest BCUT2D eigenvalue weighted by atomic mass is 10.1. The van der Waals surface area contributed by atoms with E-state index in [0.29, 0.717) is 56.0 Å². The number of carbonyl (C=O) groups excluding carboxylic acids is 1. The van der Waals surface area contributed by atoms with Crippen molar-refractivity contribution in [1.82, 2.24) is 19.2 Å². The van der Waals surface area contributed by atoms with Crippen LogP contribution in [0.5, 0.6) is 0 Å². The van der Waals surface area contributed by atoms with Gasteiger partial charge in [0.15, 0.2) is 0 Å². The third-order valence-corrected chi connectivity index (χ3v) is 7.17. The first-order valence-corrected chi connectivity index (χ1v) is 12.0. The van der Waals surface area contributed by atoms with E-state index in [1.807, 2.05) is 35.2 Å². The topological polar surface area (TPSA) is 103 Å². The molecule has 30 heavy (non-hydrogen) atoms. The van der Waals surface area contributed by atoms with E-state index in [-0.39, 0.29) is 23.9 Å². The highest BCUT2D eigenvalue weighted by molar-refractivity contribution is 7.88. The van der Waals surface area contributed by atoms with Crippen LogP contribution in [0.2, 0.25) is 0 Å². The highest BCUT2D eigenvalue weighted by atomic mass is 32.2. The molecule has 2 aliphatic rings. The molecule has 1 atom stereocenters. The second kappa shape index (κ2) is 8.31. The van der Waals surface area contributed by atoms with E-state index in [1.165, 1.54) is 4.31 Å². The number of rotatable bonds is 5. The zero-order valence-corrected chi connectivity index (χ0v) is 17.8. The monoisotopic (exact) mass is 430 g/mol. The average molecular weight is 431 g/mol. The van der Waals surface area contributed by atoms with E-state index in [2.05, 4.69) is 9.97 Å². The Morgan fingerprint density at radius 3 is 2.73 bits per heavy atom. The number of fused-ring (bicyclic) bond motifs is 1. The maximum absolute atomic E-state index is 12.6. The average Bonchev–Trinajstić information content (AvgIpc) is 3.22. The summed E-state index contributed by atoms with van der Waals surface area (Å²) in [4.78, 5) is 34.5. The Morgan fingerprint density at radius 2 is 2.00 bits per heavy atom. The summed E-state index contributed by atoms with van der Waals surface area (Å²) < 4.78 is 24.9. The lowest BCUT2D eigenvalue weighted by Gasteiger charge is -2.26. The quantitative estimate of drug-likeness (QED) is 0.763. The summed E-state index contributed by atoms with van der Waals surface area (Å²) in [5.74, 6) is 0.715. The molecule has 1 N–H and O–H groups in total. The number of aryl methyl sites for hydroxylation is 1. The number of amides is 1. The van der Waals surface area contributed by atoms with E-state index < -0.39 is 10.0 Å². The van der Waals surface area contributed by atoms with Crippen molar-refractivity contribution in [2.24, 2.45) is 0 Å². The SMILES string of the molecule is CS(=O)(=O)N1CCc2nc(C3CCN(C(=O)CCc4ccccc4)C3)[nH]c(=O)c2C1. The highest BCUT2D eigenvalue weighted by Gasteiger charge is 2.31. The van der Waals surface area contributed by atoms with Crippen molar-refractivity contribution in [1.29, 1.82) is 0 Å². The molecule has 1 aromatic heterocycles. The second-order valence-corrected chi connectivity index (χ2v) is 10.0. The lowest BCUT2D eigenvalue weighted by molar-refractivity contribution is -0.130. The van der Waals surface area contributed by atoms with Gasteiger partial charge in [0.05, 0.1) is 17.5 Å². The molecule has 0 aliphatic carbocycles. The van der Waals surface area contributed by atoms with E-state index in [1.54, 1.807) is 0 Å². The smallest absolute Gasteiger partial charge is 0.255 e. The zero-order chi connectivity index (χ0) is 21.3. The van der Waals surface area contributed by atoms with Gasteiger partial charge in [-0.15, -0.1) is 0 Å². The normalized spacial score (nSPS) is 19.6. The number of benzene rings is 1. The van der Waals surface area contributed by atoms with Crippen LogP contribution in [0.15, 0.2) is 35.1 Å². The van der Waals surface area contributed by atoms with Crippen molar-refractivity contribution < 1.29 is 13.2 Å². The summed E-state index contributed by atoms with van der Waals surface area (Å²) in [5, 5.41) is 0. The van der Waals surface area contributed by atoms with Crippen molar-refractivity contribution in [2.45, 2.75) is 38.1 Å². The maximum atomic E-state index is 12.6. The fourth-order valence-electron chi connectivity index (χ4n) is 4.16. The Morgan fingerprint density at radius 1 is 1.23 bits per heavy atom. The number of H-pyrrole nitrogens is 1. The van der Waals surface area contributed by atoms with Crippen molar-refractivity contribution in [2.75, 3.05) is 25.9 Å². The van der Waals surface area contributed by atoms with Gasteiger partial charge in [0.25, 0.3) is 5.56 Å². The Kier molecular flexibility index (Phi) is 5.75. The summed E-state index contributed by atoms with van der Waals surface area (Å²) in [6.07, 6.45) is 3.51. The minimum atomic E-state index is -3.34. The molecule has 8 nitrogen and oxygen atoms in total. The molecule has 0 spiro atoms. The van der Waals surface area contributed by atoms with Crippen LogP contribution in [0.3, 0.4) is 0 Å². The van der Waals surface area contributed by atoms with E-state index in [4.69, 9.17) is 0 Å². The summed E-state index contributed by atoms with van der Waals surface area (Å²) in [6.45, 7) is 1.59. The van der Waals surface area contributed by atoms with Crippen molar-refractivity contribution >= 4 is 15.9 Å². The molecule has 160 valence electrons. The van der Waals surface area contributed by atoms with Gasteiger partial charge in [0.1, 0.15) is 5.82 Å². The molecule has 2 aromatic rings. The molecule has 2 aliphatic heterocycles. The minimum absolute atomic E-state index is 0.00314. The van der Waals surface area contributed by atoms with Gasteiger partial charge < -0.3 is 9.88 Å². The van der Waals surface area contributed by atoms with Crippen LogP contribution in [-0.2, 0) is 34.2 Å². The predicted octanol–water partition coefficient (Wildman–Crippen LogP) is 1.04.